The van der Waals surface area contributed by atoms with E-state index in [-0.39, 0.29) is 22.8 Å². The van der Waals surface area contributed by atoms with Gasteiger partial charge < -0.3 is 14.5 Å². The van der Waals surface area contributed by atoms with Gasteiger partial charge in [-0.05, 0) is 67.1 Å². The van der Waals surface area contributed by atoms with Gasteiger partial charge in [-0.2, -0.15) is 0 Å². The highest BCUT2D eigenvalue weighted by molar-refractivity contribution is 7.91. The second-order valence-electron chi connectivity index (χ2n) is 6.40. The van der Waals surface area contributed by atoms with Crippen molar-refractivity contribution in [3.63, 3.8) is 0 Å². The quantitative estimate of drug-likeness (QED) is 0.593. The van der Waals surface area contributed by atoms with Crippen LogP contribution in [0.25, 0.3) is 0 Å². The fraction of sp³-hybridized carbons (Fsp3) is 0.190. The van der Waals surface area contributed by atoms with E-state index in [1.54, 1.807) is 30.3 Å². The topological polar surface area (TPSA) is 85.6 Å². The molecule has 1 atom stereocenters. The third kappa shape index (κ3) is 4.48. The Labute approximate surface area is 168 Å². The van der Waals surface area contributed by atoms with Crippen LogP contribution in [0, 0.1) is 12.7 Å². The molecule has 6 nitrogen and oxygen atoms in total. The second-order valence-corrected chi connectivity index (χ2v) is 8.53. The number of halogens is 1. The van der Waals surface area contributed by atoms with Crippen LogP contribution in [0.4, 0.5) is 4.39 Å². The lowest BCUT2D eigenvalue weighted by molar-refractivity contribution is 0.0953. The molecule has 0 unspecified atom stereocenters. The van der Waals surface area contributed by atoms with E-state index in [4.69, 9.17) is 9.15 Å². The highest BCUT2D eigenvalue weighted by Crippen LogP contribution is 2.30. The van der Waals surface area contributed by atoms with E-state index >= 15 is 0 Å². The van der Waals surface area contributed by atoms with Crippen LogP contribution < -0.4 is 10.1 Å². The summed E-state index contributed by atoms with van der Waals surface area (Å²) in [6.07, 6.45) is 1.36. The largest absolute Gasteiger partial charge is 0.497 e. The minimum Gasteiger partial charge on any atom is -0.497 e. The normalized spacial score (nSPS) is 12.4. The summed E-state index contributed by atoms with van der Waals surface area (Å²) in [7, 11) is -2.43. The monoisotopic (exact) mass is 417 g/mol. The molecule has 1 heterocycles. The molecule has 3 aromatic rings. The Balaban J connectivity index is 1.86. The lowest BCUT2D eigenvalue weighted by Gasteiger charge is -2.17. The van der Waals surface area contributed by atoms with Gasteiger partial charge in [0.05, 0.1) is 18.3 Å². The molecule has 1 N–H and O–H groups in total. The van der Waals surface area contributed by atoms with Crippen LogP contribution in [0.3, 0.4) is 0 Å². The van der Waals surface area contributed by atoms with Crippen molar-refractivity contribution in [3.05, 3.63) is 83.6 Å². The molecule has 1 amide bonds. The fourth-order valence-electron chi connectivity index (χ4n) is 2.83. The van der Waals surface area contributed by atoms with Crippen molar-refractivity contribution in [3.8, 4) is 5.75 Å². The van der Waals surface area contributed by atoms with E-state index in [0.29, 0.717) is 11.3 Å². The third-order valence-electron chi connectivity index (χ3n) is 4.49. The molecular weight excluding hydrogens is 397 g/mol. The van der Waals surface area contributed by atoms with E-state index in [0.717, 1.165) is 6.07 Å². The zero-order valence-electron chi connectivity index (χ0n) is 15.9. The minimum atomic E-state index is -3.95. The number of amides is 1. The predicted octanol–water partition coefficient (Wildman–Crippen LogP) is 3.68. The highest BCUT2D eigenvalue weighted by Gasteiger charge is 2.32. The number of sulfone groups is 1. The number of furan rings is 1. The molecule has 0 saturated carbocycles. The van der Waals surface area contributed by atoms with E-state index in [1.807, 2.05) is 0 Å². The summed E-state index contributed by atoms with van der Waals surface area (Å²) in [4.78, 5) is 12.4. The molecule has 1 aromatic heterocycles. The summed E-state index contributed by atoms with van der Waals surface area (Å²) >= 11 is 0. The average molecular weight is 417 g/mol. The Morgan fingerprint density at radius 1 is 1.17 bits per heavy atom. The third-order valence-corrected chi connectivity index (χ3v) is 6.55. The summed E-state index contributed by atoms with van der Waals surface area (Å²) in [6, 6.07) is 13.1. The Hall–Kier alpha value is -3.13. The molecule has 2 aromatic carbocycles. The standard InChI is InChI=1S/C21H20FNO5S/c1-14-12-17(9-10-18(14)22)29(25,26)20(19-4-3-11-28-19)13-23-21(24)15-5-7-16(27-2)8-6-15/h3-12,20H,13H2,1-2H3,(H,23,24)/t20-/m1/s1. The molecule has 0 saturated heterocycles. The van der Waals surface area contributed by atoms with Crippen LogP contribution in [0.1, 0.15) is 26.9 Å². The SMILES string of the molecule is COc1ccc(C(=O)NC[C@H](c2ccco2)S(=O)(=O)c2ccc(F)c(C)c2)cc1. The molecule has 0 bridgehead atoms. The first kappa shape index (κ1) is 20.6. The number of methoxy groups -OCH3 is 1. The average Bonchev–Trinajstić information content (AvgIpc) is 3.24. The van der Waals surface area contributed by atoms with E-state index < -0.39 is 26.8 Å². The van der Waals surface area contributed by atoms with Crippen LogP contribution in [0.5, 0.6) is 5.75 Å². The summed E-state index contributed by atoms with van der Waals surface area (Å²) < 4.78 is 50.3. The summed E-state index contributed by atoms with van der Waals surface area (Å²) in [5, 5.41) is 1.47. The van der Waals surface area contributed by atoms with Crippen molar-refractivity contribution < 1.29 is 26.8 Å². The first-order valence-corrected chi connectivity index (χ1v) is 10.3. The smallest absolute Gasteiger partial charge is 0.251 e. The van der Waals surface area contributed by atoms with E-state index in [2.05, 4.69) is 5.32 Å². The molecule has 0 aliphatic heterocycles. The van der Waals surface area contributed by atoms with Gasteiger partial charge in [0.1, 0.15) is 22.6 Å². The van der Waals surface area contributed by atoms with Crippen LogP contribution >= 0.6 is 0 Å². The predicted molar refractivity (Wildman–Crippen MR) is 105 cm³/mol. The van der Waals surface area contributed by atoms with Crippen LogP contribution in [-0.2, 0) is 9.84 Å². The maximum atomic E-state index is 13.6. The van der Waals surface area contributed by atoms with Crippen LogP contribution in [0.15, 0.2) is 70.2 Å². The van der Waals surface area contributed by atoms with Gasteiger partial charge in [-0.1, -0.05) is 0 Å². The molecule has 0 aliphatic rings. The van der Waals surface area contributed by atoms with E-state index in [9.17, 15) is 17.6 Å². The van der Waals surface area contributed by atoms with Gasteiger partial charge in [0.2, 0.25) is 0 Å². The molecular formula is C21H20FNO5S. The lowest BCUT2D eigenvalue weighted by atomic mass is 10.2. The molecule has 8 heteroatoms. The van der Waals surface area contributed by atoms with Gasteiger partial charge in [0.25, 0.3) is 5.91 Å². The zero-order chi connectivity index (χ0) is 21.0. The Morgan fingerprint density at radius 3 is 2.48 bits per heavy atom. The molecule has 152 valence electrons. The van der Waals surface area contributed by atoms with Gasteiger partial charge in [0, 0.05) is 12.1 Å². The van der Waals surface area contributed by atoms with Crippen molar-refractivity contribution in [2.75, 3.05) is 13.7 Å². The summed E-state index contributed by atoms with van der Waals surface area (Å²) in [5.41, 5.74) is 0.575. The second kappa shape index (κ2) is 8.48. The Bertz CT molecular complexity index is 1090. The number of hydrogen-bond donors (Lipinski definition) is 1. The summed E-state index contributed by atoms with van der Waals surface area (Å²) in [6.45, 7) is 1.28. The molecule has 0 aliphatic carbocycles. The first-order valence-electron chi connectivity index (χ1n) is 8.78. The Kier molecular flexibility index (Phi) is 6.03. The lowest BCUT2D eigenvalue weighted by Crippen LogP contribution is -2.31. The maximum absolute atomic E-state index is 13.6. The number of benzene rings is 2. The van der Waals surface area contributed by atoms with E-state index in [1.165, 1.54) is 38.5 Å². The molecule has 0 fully saturated rings. The molecule has 3 rings (SSSR count). The van der Waals surface area contributed by atoms with Gasteiger partial charge in [-0.3, -0.25) is 4.79 Å². The molecule has 29 heavy (non-hydrogen) atoms. The van der Waals surface area contributed by atoms with Crippen LogP contribution in [0.2, 0.25) is 0 Å². The van der Waals surface area contributed by atoms with Crippen molar-refractivity contribution in [2.45, 2.75) is 17.1 Å². The highest BCUT2D eigenvalue weighted by atomic mass is 32.2. The van der Waals surface area contributed by atoms with Gasteiger partial charge in [-0.15, -0.1) is 0 Å². The number of carbonyl (C=O) groups excluding carboxylic acids is 1. The zero-order valence-corrected chi connectivity index (χ0v) is 16.7. The number of ether oxygens (including phenoxy) is 1. The summed E-state index contributed by atoms with van der Waals surface area (Å²) in [5.74, 6) is -0.146. The van der Waals surface area contributed by atoms with Crippen molar-refractivity contribution in [2.24, 2.45) is 0 Å². The number of carbonyl (C=O) groups is 1. The van der Waals surface area contributed by atoms with Crippen molar-refractivity contribution in [1.29, 1.82) is 0 Å². The number of aryl methyl sites for hydroxylation is 1. The number of nitrogens with one attached hydrogen (secondary N) is 1. The number of rotatable bonds is 7. The first-order chi connectivity index (χ1) is 13.8. The molecule has 0 radical (unpaired) electrons. The van der Waals surface area contributed by atoms with Gasteiger partial charge in [-0.25, -0.2) is 12.8 Å². The van der Waals surface area contributed by atoms with Crippen LogP contribution in [-0.4, -0.2) is 28.0 Å². The van der Waals surface area contributed by atoms with Gasteiger partial charge >= 0.3 is 0 Å². The van der Waals surface area contributed by atoms with Crippen molar-refractivity contribution >= 4 is 15.7 Å². The number of hydrogen-bond acceptors (Lipinski definition) is 5. The maximum Gasteiger partial charge on any atom is 0.251 e. The van der Waals surface area contributed by atoms with Crippen molar-refractivity contribution in [1.82, 2.24) is 5.32 Å². The fourth-order valence-corrected chi connectivity index (χ4v) is 4.50. The minimum absolute atomic E-state index is 0.0449. The van der Waals surface area contributed by atoms with Gasteiger partial charge in [0.15, 0.2) is 9.84 Å². The molecule has 0 spiro atoms. The Morgan fingerprint density at radius 2 is 1.90 bits per heavy atom.